The second-order valence-corrected chi connectivity index (χ2v) is 6.78. The van der Waals surface area contributed by atoms with Crippen molar-refractivity contribution in [2.24, 2.45) is 16.6 Å². The van der Waals surface area contributed by atoms with E-state index in [4.69, 9.17) is 10.7 Å². The molecule has 1 saturated heterocycles. The molecule has 1 aromatic rings. The predicted molar refractivity (Wildman–Crippen MR) is 91.2 cm³/mol. The van der Waals surface area contributed by atoms with E-state index in [1.54, 1.807) is 11.3 Å². The van der Waals surface area contributed by atoms with Gasteiger partial charge in [0.15, 0.2) is 11.1 Å². The van der Waals surface area contributed by atoms with E-state index in [0.29, 0.717) is 11.9 Å². The van der Waals surface area contributed by atoms with E-state index in [2.05, 4.69) is 34.4 Å². The van der Waals surface area contributed by atoms with E-state index in [1.165, 1.54) is 18.0 Å². The highest BCUT2D eigenvalue weighted by Crippen LogP contribution is 2.24. The van der Waals surface area contributed by atoms with Crippen LogP contribution in [0.2, 0.25) is 0 Å². The average molecular weight is 309 g/mol. The first-order valence-corrected chi connectivity index (χ1v) is 8.76. The van der Waals surface area contributed by atoms with Crippen molar-refractivity contribution in [3.05, 3.63) is 11.1 Å². The average Bonchev–Trinajstić information content (AvgIpc) is 3.08. The van der Waals surface area contributed by atoms with Gasteiger partial charge in [0.25, 0.3) is 0 Å². The molecule has 0 saturated carbocycles. The van der Waals surface area contributed by atoms with Gasteiger partial charge in [-0.25, -0.2) is 4.98 Å². The zero-order valence-corrected chi connectivity index (χ0v) is 14.0. The summed E-state index contributed by atoms with van der Waals surface area (Å²) in [5.41, 5.74) is 6.98. The standard InChI is InChI=1S/C15H27N5S/c1-12(2)5-7-17-14(16)18-8-6-13-11-21-15(19-13)20-9-3-4-10-20/h11-12H,3-10H2,1-2H3,(H3,16,17,18). The van der Waals surface area contributed by atoms with Gasteiger partial charge in [0, 0.05) is 38.0 Å². The van der Waals surface area contributed by atoms with E-state index < -0.39 is 0 Å². The number of hydrogen-bond acceptors (Lipinski definition) is 4. The van der Waals surface area contributed by atoms with Crippen molar-refractivity contribution in [2.45, 2.75) is 39.5 Å². The quantitative estimate of drug-likeness (QED) is 0.599. The Labute approximate surface area is 131 Å². The van der Waals surface area contributed by atoms with Gasteiger partial charge in [-0.3, -0.25) is 4.99 Å². The Balaban J connectivity index is 1.68. The number of aliphatic imine (C=N–C) groups is 1. The molecular weight excluding hydrogens is 282 g/mol. The number of hydrogen-bond donors (Lipinski definition) is 2. The Kier molecular flexibility index (Phi) is 6.29. The molecule has 1 aliphatic heterocycles. The van der Waals surface area contributed by atoms with Crippen molar-refractivity contribution >= 4 is 22.4 Å². The summed E-state index contributed by atoms with van der Waals surface area (Å²) in [5.74, 6) is 1.21. The zero-order valence-electron chi connectivity index (χ0n) is 13.1. The molecule has 0 aromatic carbocycles. The van der Waals surface area contributed by atoms with E-state index in [9.17, 15) is 0 Å². The summed E-state index contributed by atoms with van der Waals surface area (Å²) in [6.45, 7) is 8.28. The normalized spacial score (nSPS) is 16.0. The Hall–Kier alpha value is -1.30. The van der Waals surface area contributed by atoms with Crippen molar-refractivity contribution < 1.29 is 0 Å². The van der Waals surface area contributed by atoms with Crippen molar-refractivity contribution in [3.8, 4) is 0 Å². The van der Waals surface area contributed by atoms with Crippen LogP contribution in [0.1, 0.15) is 38.8 Å². The molecule has 0 unspecified atom stereocenters. The third-order valence-corrected chi connectivity index (χ3v) is 4.54. The predicted octanol–water partition coefficient (Wildman–Crippen LogP) is 2.24. The van der Waals surface area contributed by atoms with Crippen LogP contribution in [0.3, 0.4) is 0 Å². The maximum Gasteiger partial charge on any atom is 0.188 e. The number of nitrogens with two attached hydrogens (primary N) is 1. The zero-order chi connectivity index (χ0) is 15.1. The first-order valence-electron chi connectivity index (χ1n) is 7.88. The molecule has 118 valence electrons. The van der Waals surface area contributed by atoms with Gasteiger partial charge in [0.1, 0.15) is 0 Å². The third-order valence-electron chi connectivity index (χ3n) is 3.59. The molecule has 6 heteroatoms. The second-order valence-electron chi connectivity index (χ2n) is 5.94. The molecule has 0 aliphatic carbocycles. The van der Waals surface area contributed by atoms with E-state index in [0.717, 1.165) is 44.7 Å². The molecule has 2 heterocycles. The van der Waals surface area contributed by atoms with Crippen LogP contribution in [0.4, 0.5) is 5.13 Å². The van der Waals surface area contributed by atoms with Crippen LogP contribution in [-0.2, 0) is 6.42 Å². The highest BCUT2D eigenvalue weighted by Gasteiger charge is 2.15. The molecule has 3 N–H and O–H groups in total. The van der Waals surface area contributed by atoms with Gasteiger partial charge < -0.3 is 16.0 Å². The number of anilines is 1. The van der Waals surface area contributed by atoms with Gasteiger partial charge in [0.05, 0.1) is 5.69 Å². The highest BCUT2D eigenvalue weighted by molar-refractivity contribution is 7.13. The summed E-state index contributed by atoms with van der Waals surface area (Å²) in [7, 11) is 0. The van der Waals surface area contributed by atoms with Crippen LogP contribution in [-0.4, -0.2) is 37.1 Å². The Morgan fingerprint density at radius 2 is 2.24 bits per heavy atom. The summed E-state index contributed by atoms with van der Waals surface area (Å²) in [5, 5.41) is 6.48. The van der Waals surface area contributed by atoms with Gasteiger partial charge in [-0.15, -0.1) is 11.3 Å². The summed E-state index contributed by atoms with van der Waals surface area (Å²) in [6, 6.07) is 0. The first kappa shape index (κ1) is 16.1. The Morgan fingerprint density at radius 3 is 2.95 bits per heavy atom. The minimum atomic E-state index is 0.547. The molecule has 0 atom stereocenters. The number of nitrogens with one attached hydrogen (secondary N) is 1. The van der Waals surface area contributed by atoms with Crippen LogP contribution in [0.25, 0.3) is 0 Å². The highest BCUT2D eigenvalue weighted by atomic mass is 32.1. The lowest BCUT2D eigenvalue weighted by Gasteiger charge is -2.12. The number of guanidine groups is 1. The van der Waals surface area contributed by atoms with E-state index >= 15 is 0 Å². The largest absolute Gasteiger partial charge is 0.370 e. The lowest BCUT2D eigenvalue weighted by atomic mass is 10.1. The van der Waals surface area contributed by atoms with E-state index in [1.807, 2.05) is 0 Å². The fourth-order valence-corrected chi connectivity index (χ4v) is 3.20. The minimum absolute atomic E-state index is 0.547. The fourth-order valence-electron chi connectivity index (χ4n) is 2.28. The molecule has 0 spiro atoms. The van der Waals surface area contributed by atoms with Crippen molar-refractivity contribution in [2.75, 3.05) is 31.1 Å². The van der Waals surface area contributed by atoms with Gasteiger partial charge in [0.2, 0.25) is 0 Å². The molecule has 1 aliphatic rings. The van der Waals surface area contributed by atoms with Crippen LogP contribution < -0.4 is 16.0 Å². The maximum atomic E-state index is 5.84. The van der Waals surface area contributed by atoms with Crippen LogP contribution in [0.15, 0.2) is 10.4 Å². The molecule has 0 amide bonds. The van der Waals surface area contributed by atoms with Crippen LogP contribution >= 0.6 is 11.3 Å². The Morgan fingerprint density at radius 1 is 1.48 bits per heavy atom. The van der Waals surface area contributed by atoms with Gasteiger partial charge in [-0.1, -0.05) is 13.8 Å². The van der Waals surface area contributed by atoms with Crippen LogP contribution in [0, 0.1) is 5.92 Å². The van der Waals surface area contributed by atoms with Crippen molar-refractivity contribution in [1.82, 2.24) is 10.3 Å². The molecule has 5 nitrogen and oxygen atoms in total. The number of thiazole rings is 1. The third kappa shape index (κ3) is 5.53. The lowest BCUT2D eigenvalue weighted by Crippen LogP contribution is -2.33. The van der Waals surface area contributed by atoms with Crippen molar-refractivity contribution in [3.63, 3.8) is 0 Å². The SMILES string of the molecule is CC(C)CCN=C(N)NCCc1csc(N2CCCC2)n1. The molecule has 0 radical (unpaired) electrons. The molecule has 2 rings (SSSR count). The van der Waals surface area contributed by atoms with Gasteiger partial charge in [-0.05, 0) is 25.2 Å². The van der Waals surface area contributed by atoms with Gasteiger partial charge in [-0.2, -0.15) is 0 Å². The molecular formula is C15H27N5S. The fraction of sp³-hybridized carbons (Fsp3) is 0.733. The van der Waals surface area contributed by atoms with Gasteiger partial charge >= 0.3 is 0 Å². The molecule has 0 bridgehead atoms. The topological polar surface area (TPSA) is 66.5 Å². The molecule has 21 heavy (non-hydrogen) atoms. The van der Waals surface area contributed by atoms with Crippen molar-refractivity contribution in [1.29, 1.82) is 0 Å². The first-order chi connectivity index (χ1) is 10.1. The molecule has 1 fully saturated rings. The summed E-state index contributed by atoms with van der Waals surface area (Å²) < 4.78 is 0. The Bertz CT molecular complexity index is 449. The summed E-state index contributed by atoms with van der Waals surface area (Å²) >= 11 is 1.75. The number of nitrogens with zero attached hydrogens (tertiary/aromatic N) is 3. The summed E-state index contributed by atoms with van der Waals surface area (Å²) in [4.78, 5) is 11.4. The monoisotopic (exact) mass is 309 g/mol. The minimum Gasteiger partial charge on any atom is -0.370 e. The summed E-state index contributed by atoms with van der Waals surface area (Å²) in [6.07, 6.45) is 4.55. The molecule has 1 aromatic heterocycles. The van der Waals surface area contributed by atoms with E-state index in [-0.39, 0.29) is 0 Å². The lowest BCUT2D eigenvalue weighted by molar-refractivity contribution is 0.595. The van der Waals surface area contributed by atoms with Crippen LogP contribution in [0.5, 0.6) is 0 Å². The maximum absolute atomic E-state index is 5.84. The number of rotatable bonds is 7. The smallest absolute Gasteiger partial charge is 0.188 e. The number of aromatic nitrogens is 1. The second kappa shape index (κ2) is 8.22.